The molecule has 0 radical (unpaired) electrons. The van der Waals surface area contributed by atoms with Crippen molar-refractivity contribution in [2.45, 2.75) is 108 Å². The molecule has 0 saturated carbocycles. The Hall–Kier alpha value is -3.28. The van der Waals surface area contributed by atoms with Crippen molar-refractivity contribution in [1.82, 2.24) is 0 Å². The first-order valence-corrected chi connectivity index (χ1v) is 13.7. The number of ketones is 2. The quantitative estimate of drug-likeness (QED) is 0.250. The van der Waals surface area contributed by atoms with Crippen LogP contribution in [0.1, 0.15) is 103 Å². The van der Waals surface area contributed by atoms with Gasteiger partial charge in [0.05, 0.1) is 5.41 Å². The molecule has 220 valence electrons. The lowest BCUT2D eigenvalue weighted by Gasteiger charge is -2.31. The van der Waals surface area contributed by atoms with Crippen molar-refractivity contribution in [3.8, 4) is 5.75 Å². The molecule has 0 aliphatic heterocycles. The van der Waals surface area contributed by atoms with Crippen LogP contribution in [-0.2, 0) is 42.4 Å². The molecule has 0 bridgehead atoms. The molecule has 6 nitrogen and oxygen atoms in total. The van der Waals surface area contributed by atoms with Crippen molar-refractivity contribution < 1.29 is 28.7 Å². The Morgan fingerprint density at radius 3 is 1.73 bits per heavy atom. The summed E-state index contributed by atoms with van der Waals surface area (Å²) in [5.74, 6) is 0.351. The summed E-state index contributed by atoms with van der Waals surface area (Å²) in [7, 11) is 0. The largest absolute Gasteiger partial charge is 0.460 e. The van der Waals surface area contributed by atoms with Crippen molar-refractivity contribution in [2.75, 3.05) is 0 Å². The fraction of sp³-hybridized carbons (Fsp3) is 0.529. The summed E-state index contributed by atoms with van der Waals surface area (Å²) in [5, 5.41) is 0. The highest BCUT2D eigenvalue weighted by molar-refractivity contribution is 5.85. The van der Waals surface area contributed by atoms with Gasteiger partial charge in [-0.1, -0.05) is 65.0 Å². The zero-order valence-corrected chi connectivity index (χ0v) is 26.5. The summed E-state index contributed by atoms with van der Waals surface area (Å²) in [5.41, 5.74) is 3.68. The third-order valence-electron chi connectivity index (χ3n) is 6.27. The zero-order chi connectivity index (χ0) is 31.1. The van der Waals surface area contributed by atoms with Crippen molar-refractivity contribution in [1.29, 1.82) is 0 Å². The van der Waals surface area contributed by atoms with Crippen LogP contribution in [0.15, 0.2) is 36.4 Å². The summed E-state index contributed by atoms with van der Waals surface area (Å²) < 4.78 is 10.6. The van der Waals surface area contributed by atoms with Crippen LogP contribution in [0.25, 0.3) is 0 Å². The fourth-order valence-electron chi connectivity index (χ4n) is 4.19. The minimum atomic E-state index is -0.478. The van der Waals surface area contributed by atoms with E-state index in [1.807, 2.05) is 99.6 Å². The maximum Gasteiger partial charge on any atom is 0.311 e. The number of carbonyl (C=O) groups excluding carboxylic acids is 4. The number of rotatable bonds is 8. The smallest absolute Gasteiger partial charge is 0.311 e. The maximum atomic E-state index is 12.5. The van der Waals surface area contributed by atoms with Crippen LogP contribution in [0, 0.1) is 24.7 Å². The third-order valence-corrected chi connectivity index (χ3v) is 6.27. The molecule has 0 aromatic heterocycles. The topological polar surface area (TPSA) is 86.7 Å². The van der Waals surface area contributed by atoms with E-state index in [0.29, 0.717) is 18.6 Å². The predicted octanol–water partition coefficient (Wildman–Crippen LogP) is 7.42. The van der Waals surface area contributed by atoms with Gasteiger partial charge in [-0.2, -0.15) is 0 Å². The number of carbonyl (C=O) groups is 4. The van der Waals surface area contributed by atoms with Crippen LogP contribution in [0.2, 0.25) is 0 Å². The Morgan fingerprint density at radius 2 is 1.27 bits per heavy atom. The molecule has 0 aliphatic rings. The van der Waals surface area contributed by atoms with E-state index in [2.05, 4.69) is 6.07 Å². The average molecular weight is 553 g/mol. The second-order valence-corrected chi connectivity index (χ2v) is 13.3. The Bertz CT molecular complexity index is 1200. The fourth-order valence-corrected chi connectivity index (χ4v) is 4.19. The van der Waals surface area contributed by atoms with Gasteiger partial charge >= 0.3 is 11.9 Å². The van der Waals surface area contributed by atoms with Gasteiger partial charge < -0.3 is 9.47 Å². The van der Waals surface area contributed by atoms with Crippen LogP contribution in [0.3, 0.4) is 0 Å². The Labute approximate surface area is 240 Å². The van der Waals surface area contributed by atoms with Crippen LogP contribution < -0.4 is 4.74 Å². The van der Waals surface area contributed by atoms with Gasteiger partial charge in [-0.05, 0) is 69.9 Å². The maximum absolute atomic E-state index is 12.5. The summed E-state index contributed by atoms with van der Waals surface area (Å²) in [4.78, 5) is 46.4. The highest BCUT2D eigenvalue weighted by Gasteiger charge is 2.33. The number of esters is 2. The van der Waals surface area contributed by atoms with E-state index in [4.69, 9.17) is 9.47 Å². The van der Waals surface area contributed by atoms with Crippen molar-refractivity contribution >= 4 is 23.5 Å². The van der Waals surface area contributed by atoms with E-state index in [0.717, 1.165) is 27.8 Å². The van der Waals surface area contributed by atoms with E-state index in [-0.39, 0.29) is 35.5 Å². The van der Waals surface area contributed by atoms with Gasteiger partial charge in [-0.25, -0.2) is 0 Å². The van der Waals surface area contributed by atoms with E-state index >= 15 is 0 Å². The minimum Gasteiger partial charge on any atom is -0.460 e. The molecular formula is C34H48O6. The van der Waals surface area contributed by atoms with E-state index in [1.165, 1.54) is 6.92 Å². The zero-order valence-electron chi connectivity index (χ0n) is 26.5. The molecule has 0 atom stereocenters. The molecule has 0 N–H and O–H groups in total. The normalized spacial score (nSPS) is 11.7. The van der Waals surface area contributed by atoms with Gasteiger partial charge in [0, 0.05) is 36.2 Å². The van der Waals surface area contributed by atoms with E-state index in [1.54, 1.807) is 6.92 Å². The molecule has 0 unspecified atom stereocenters. The number of Topliss-reactive ketones (excluding diaryl/α,β-unsaturated/α-hetero) is 2. The first kappa shape index (κ1) is 34.7. The molecule has 0 saturated heterocycles. The van der Waals surface area contributed by atoms with Crippen molar-refractivity contribution in [2.24, 2.45) is 10.8 Å². The van der Waals surface area contributed by atoms with E-state index in [9.17, 15) is 19.2 Å². The molecule has 0 fully saturated rings. The molecule has 0 aliphatic carbocycles. The minimum absolute atomic E-state index is 0.141. The van der Waals surface area contributed by atoms with Crippen LogP contribution in [-0.4, -0.2) is 23.5 Å². The standard InChI is InChI=1S/C19H28O3.C15H20O3/c1-12-9-13(2)17(15(10-12)22-14(3)20)19(7,8)11-16(21)18(4,5)6;1-11(16)9-12-5-7-13(8-6-12)10-18-14(17)15(2,3)4/h9-10H,11H2,1-8H3;5-8H,9-10H2,1-4H3. The van der Waals surface area contributed by atoms with Crippen molar-refractivity contribution in [3.05, 3.63) is 64.2 Å². The first-order chi connectivity index (χ1) is 18.1. The Kier molecular flexibility index (Phi) is 12.0. The number of hydrogen-bond acceptors (Lipinski definition) is 6. The second-order valence-electron chi connectivity index (χ2n) is 13.3. The number of aryl methyl sites for hydroxylation is 2. The van der Waals surface area contributed by atoms with Gasteiger partial charge in [-0.15, -0.1) is 0 Å². The van der Waals surface area contributed by atoms with Gasteiger partial charge in [0.25, 0.3) is 0 Å². The molecule has 0 spiro atoms. The highest BCUT2D eigenvalue weighted by atomic mass is 16.5. The van der Waals surface area contributed by atoms with Crippen LogP contribution in [0.4, 0.5) is 0 Å². The molecule has 0 heterocycles. The summed E-state index contributed by atoms with van der Waals surface area (Å²) >= 11 is 0. The lowest BCUT2D eigenvalue weighted by molar-refractivity contribution is -0.154. The molecule has 2 rings (SSSR count). The van der Waals surface area contributed by atoms with Gasteiger partial charge in [0.1, 0.15) is 23.9 Å². The molecule has 0 amide bonds. The van der Waals surface area contributed by atoms with Gasteiger partial charge in [0.2, 0.25) is 0 Å². The monoisotopic (exact) mass is 552 g/mol. The molecule has 6 heteroatoms. The van der Waals surface area contributed by atoms with Gasteiger partial charge in [-0.3, -0.25) is 19.2 Å². The van der Waals surface area contributed by atoms with Crippen molar-refractivity contribution in [3.63, 3.8) is 0 Å². The second kappa shape index (κ2) is 13.9. The predicted molar refractivity (Wildman–Crippen MR) is 159 cm³/mol. The average Bonchev–Trinajstić information content (AvgIpc) is 2.75. The molecular weight excluding hydrogens is 504 g/mol. The number of benzene rings is 2. The summed E-state index contributed by atoms with van der Waals surface area (Å²) in [6.07, 6.45) is 0.858. The Morgan fingerprint density at radius 1 is 0.750 bits per heavy atom. The highest BCUT2D eigenvalue weighted by Crippen LogP contribution is 2.39. The lowest BCUT2D eigenvalue weighted by Crippen LogP contribution is -2.30. The number of hydrogen-bond donors (Lipinski definition) is 0. The SMILES string of the molecule is CC(=O)Cc1ccc(COC(=O)C(C)(C)C)cc1.CC(=O)Oc1cc(C)cc(C)c1C(C)(C)CC(=O)C(C)(C)C. The molecule has 2 aromatic carbocycles. The third kappa shape index (κ3) is 11.4. The van der Waals surface area contributed by atoms with Crippen LogP contribution >= 0.6 is 0 Å². The van der Waals surface area contributed by atoms with Crippen LogP contribution in [0.5, 0.6) is 5.75 Å². The Balaban J connectivity index is 0.000000408. The van der Waals surface area contributed by atoms with Gasteiger partial charge in [0.15, 0.2) is 0 Å². The number of ether oxygens (including phenoxy) is 2. The lowest BCUT2D eigenvalue weighted by atomic mass is 9.73. The summed E-state index contributed by atoms with van der Waals surface area (Å²) in [6.45, 7) is 22.5. The molecule has 2 aromatic rings. The van der Waals surface area contributed by atoms with E-state index < -0.39 is 10.8 Å². The molecule has 40 heavy (non-hydrogen) atoms. The first-order valence-electron chi connectivity index (χ1n) is 13.7. The summed E-state index contributed by atoms with van der Waals surface area (Å²) in [6, 6.07) is 11.5.